The Morgan fingerprint density at radius 2 is 1.65 bits per heavy atom. The number of hydrogen-bond acceptors (Lipinski definition) is 0. The fourth-order valence-electron chi connectivity index (χ4n) is 3.42. The van der Waals surface area contributed by atoms with E-state index in [2.05, 4.69) is 31.7 Å². The topological polar surface area (TPSA) is 0 Å². The van der Waals surface area contributed by atoms with Crippen LogP contribution in [0.1, 0.15) is 43.7 Å². The minimum atomic E-state index is -0.128. The molecule has 0 heterocycles. The van der Waals surface area contributed by atoms with E-state index < -0.39 is 0 Å². The molecule has 0 saturated carbocycles. The van der Waals surface area contributed by atoms with Crippen LogP contribution in [0.25, 0.3) is 21.9 Å². The summed E-state index contributed by atoms with van der Waals surface area (Å²) < 4.78 is 15.1. The quantitative estimate of drug-likeness (QED) is 0.293. The van der Waals surface area contributed by atoms with Crippen molar-refractivity contribution in [3.05, 3.63) is 84.2 Å². The molecule has 0 fully saturated rings. The van der Waals surface area contributed by atoms with Crippen LogP contribution in [0.5, 0.6) is 0 Å². The summed E-state index contributed by atoms with van der Waals surface area (Å²) in [6, 6.07) is 18.3. The Labute approximate surface area is 156 Å². The lowest BCUT2D eigenvalue weighted by Crippen LogP contribution is -1.90. The third kappa shape index (κ3) is 4.22. The van der Waals surface area contributed by atoms with E-state index in [0.29, 0.717) is 10.9 Å². The molecule has 0 unspecified atom stereocenters. The largest absolute Gasteiger partial charge is 0.206 e. The van der Waals surface area contributed by atoms with Crippen LogP contribution < -0.4 is 0 Å². The van der Waals surface area contributed by atoms with Crippen molar-refractivity contribution in [2.45, 2.75) is 45.4 Å². The predicted molar refractivity (Wildman–Crippen MR) is 111 cm³/mol. The first kappa shape index (κ1) is 18.4. The highest BCUT2D eigenvalue weighted by molar-refractivity contribution is 5.88. The second kappa shape index (κ2) is 8.80. The van der Waals surface area contributed by atoms with E-state index in [9.17, 15) is 0 Å². The lowest BCUT2D eigenvalue weighted by atomic mass is 9.97. The van der Waals surface area contributed by atoms with Gasteiger partial charge in [0.05, 0.1) is 0 Å². The van der Waals surface area contributed by atoms with Crippen LogP contribution in [0.2, 0.25) is 0 Å². The highest BCUT2D eigenvalue weighted by Gasteiger charge is 2.10. The summed E-state index contributed by atoms with van der Waals surface area (Å²) in [5, 5.41) is 1.65. The van der Waals surface area contributed by atoms with Crippen molar-refractivity contribution in [3.8, 4) is 11.1 Å². The highest BCUT2D eigenvalue weighted by Crippen LogP contribution is 2.30. The van der Waals surface area contributed by atoms with Gasteiger partial charge in [-0.15, -0.1) is 6.58 Å². The Morgan fingerprint density at radius 1 is 0.885 bits per heavy atom. The summed E-state index contributed by atoms with van der Waals surface area (Å²) in [5.41, 5.74) is 4.17. The Balaban J connectivity index is 1.85. The molecule has 0 aliphatic carbocycles. The molecule has 134 valence electrons. The van der Waals surface area contributed by atoms with Crippen LogP contribution >= 0.6 is 0 Å². The van der Waals surface area contributed by atoms with Gasteiger partial charge < -0.3 is 0 Å². The number of hydrogen-bond donors (Lipinski definition) is 0. The first-order valence-corrected chi connectivity index (χ1v) is 9.64. The molecule has 3 rings (SSSR count). The van der Waals surface area contributed by atoms with Crippen molar-refractivity contribution >= 4 is 10.8 Å². The Bertz CT molecular complexity index is 875. The van der Waals surface area contributed by atoms with Crippen LogP contribution in [0.4, 0.5) is 4.39 Å². The second-order valence-corrected chi connectivity index (χ2v) is 6.96. The van der Waals surface area contributed by atoms with Crippen molar-refractivity contribution in [1.29, 1.82) is 0 Å². The van der Waals surface area contributed by atoms with Gasteiger partial charge in [-0.3, -0.25) is 0 Å². The maximum atomic E-state index is 15.1. The lowest BCUT2D eigenvalue weighted by Gasteiger charge is -2.09. The molecular formula is C25H27F. The highest BCUT2D eigenvalue weighted by atomic mass is 19.1. The van der Waals surface area contributed by atoms with Gasteiger partial charge >= 0.3 is 0 Å². The lowest BCUT2D eigenvalue weighted by molar-refractivity contribution is 0.643. The molecule has 1 heteroatoms. The van der Waals surface area contributed by atoms with E-state index in [-0.39, 0.29) is 5.82 Å². The van der Waals surface area contributed by atoms with Crippen LogP contribution in [-0.4, -0.2) is 0 Å². The second-order valence-electron chi connectivity index (χ2n) is 6.96. The molecule has 0 nitrogen and oxygen atoms in total. The number of aryl methyl sites for hydroxylation is 2. The summed E-state index contributed by atoms with van der Waals surface area (Å²) in [6.07, 6.45) is 8.61. The Kier molecular flexibility index (Phi) is 6.22. The molecule has 0 radical (unpaired) electrons. The van der Waals surface area contributed by atoms with Gasteiger partial charge in [-0.05, 0) is 47.8 Å². The monoisotopic (exact) mass is 346 g/mol. The zero-order valence-electron chi connectivity index (χ0n) is 15.6. The number of fused-ring (bicyclic) bond motifs is 1. The van der Waals surface area contributed by atoms with E-state index in [1.165, 1.54) is 30.4 Å². The fraction of sp³-hybridized carbons (Fsp3) is 0.280. The molecule has 0 aliphatic rings. The van der Waals surface area contributed by atoms with Crippen molar-refractivity contribution in [2.24, 2.45) is 0 Å². The summed E-state index contributed by atoms with van der Waals surface area (Å²) in [6.45, 7) is 5.98. The molecule has 0 saturated heterocycles. The van der Waals surface area contributed by atoms with Crippen molar-refractivity contribution in [2.75, 3.05) is 0 Å². The molecule has 0 aliphatic heterocycles. The summed E-state index contributed by atoms with van der Waals surface area (Å²) >= 11 is 0. The van der Waals surface area contributed by atoms with Crippen LogP contribution in [0.15, 0.2) is 67.3 Å². The first-order chi connectivity index (χ1) is 12.7. The Morgan fingerprint density at radius 3 is 2.38 bits per heavy atom. The zero-order chi connectivity index (χ0) is 18.4. The van der Waals surface area contributed by atoms with Gasteiger partial charge in [0, 0.05) is 10.9 Å². The van der Waals surface area contributed by atoms with Gasteiger partial charge in [-0.25, -0.2) is 4.39 Å². The number of allylic oxidation sites excluding steroid dienone is 1. The van der Waals surface area contributed by atoms with Gasteiger partial charge in [0.15, 0.2) is 0 Å². The summed E-state index contributed by atoms with van der Waals surface area (Å²) in [5.74, 6) is -0.128. The molecule has 3 aromatic rings. The predicted octanol–water partition coefficient (Wildman–Crippen LogP) is 7.50. The number of rotatable bonds is 8. The van der Waals surface area contributed by atoms with Gasteiger partial charge in [-0.1, -0.05) is 80.4 Å². The van der Waals surface area contributed by atoms with E-state index in [1.807, 2.05) is 42.5 Å². The maximum Gasteiger partial charge on any atom is 0.138 e. The normalized spacial score (nSPS) is 11.0. The molecule has 0 bridgehead atoms. The molecule has 26 heavy (non-hydrogen) atoms. The van der Waals surface area contributed by atoms with Crippen molar-refractivity contribution < 1.29 is 4.39 Å². The number of halogens is 1. The zero-order valence-corrected chi connectivity index (χ0v) is 15.6. The standard InChI is InChI=1S/C25H27F/c1-3-5-7-9-19-10-13-21(14-11-19)23-17-15-22-18-20(8-6-4-2)12-16-24(22)25(23)26/h4,10-18H,2-3,5-9H2,1H3. The van der Waals surface area contributed by atoms with E-state index >= 15 is 4.39 Å². The minimum Gasteiger partial charge on any atom is -0.206 e. The average Bonchev–Trinajstić information content (AvgIpc) is 2.67. The van der Waals surface area contributed by atoms with Gasteiger partial charge in [-0.2, -0.15) is 0 Å². The van der Waals surface area contributed by atoms with Crippen LogP contribution in [-0.2, 0) is 12.8 Å². The average molecular weight is 346 g/mol. The molecule has 0 amide bonds. The van der Waals surface area contributed by atoms with E-state index in [4.69, 9.17) is 0 Å². The molecular weight excluding hydrogens is 319 g/mol. The minimum absolute atomic E-state index is 0.128. The van der Waals surface area contributed by atoms with E-state index in [0.717, 1.165) is 30.2 Å². The van der Waals surface area contributed by atoms with Gasteiger partial charge in [0.2, 0.25) is 0 Å². The number of unbranched alkanes of at least 4 members (excludes halogenated alkanes) is 2. The van der Waals surface area contributed by atoms with Gasteiger partial charge in [0.25, 0.3) is 0 Å². The third-order valence-electron chi connectivity index (χ3n) is 4.99. The first-order valence-electron chi connectivity index (χ1n) is 9.64. The number of benzene rings is 3. The molecule has 3 aromatic carbocycles. The van der Waals surface area contributed by atoms with Crippen molar-refractivity contribution in [3.63, 3.8) is 0 Å². The SMILES string of the molecule is C=CCCc1ccc2c(F)c(-c3ccc(CCCCC)cc3)ccc2c1. The molecule has 0 spiro atoms. The smallest absolute Gasteiger partial charge is 0.138 e. The summed E-state index contributed by atoms with van der Waals surface area (Å²) in [4.78, 5) is 0. The third-order valence-corrected chi connectivity index (χ3v) is 4.99. The van der Waals surface area contributed by atoms with Crippen molar-refractivity contribution in [1.82, 2.24) is 0 Å². The van der Waals surface area contributed by atoms with E-state index in [1.54, 1.807) is 0 Å². The molecule has 0 atom stereocenters. The summed E-state index contributed by atoms with van der Waals surface area (Å²) in [7, 11) is 0. The van der Waals surface area contributed by atoms with Crippen LogP contribution in [0.3, 0.4) is 0 Å². The molecule has 0 N–H and O–H groups in total. The Hall–Kier alpha value is -2.41. The van der Waals surface area contributed by atoms with Crippen LogP contribution in [0, 0.1) is 5.82 Å². The maximum absolute atomic E-state index is 15.1. The molecule has 0 aromatic heterocycles. The van der Waals surface area contributed by atoms with Gasteiger partial charge in [0.1, 0.15) is 5.82 Å². The fourth-order valence-corrected chi connectivity index (χ4v) is 3.42.